The fourth-order valence-corrected chi connectivity index (χ4v) is 4.13. The molecule has 0 aromatic carbocycles. The zero-order valence-corrected chi connectivity index (χ0v) is 14.3. The molecule has 2 amide bonds. The summed E-state index contributed by atoms with van der Waals surface area (Å²) in [6.07, 6.45) is 0. The van der Waals surface area contributed by atoms with E-state index >= 15 is 0 Å². The van der Waals surface area contributed by atoms with Crippen LogP contribution in [0.5, 0.6) is 0 Å². The minimum absolute atomic E-state index is 0.111. The number of rotatable bonds is 6. The third-order valence-corrected chi connectivity index (χ3v) is 6.09. The molecule has 0 aromatic rings. The second-order valence-corrected chi connectivity index (χ2v) is 6.37. The van der Waals surface area contributed by atoms with E-state index in [1.54, 1.807) is 6.92 Å². The van der Waals surface area contributed by atoms with E-state index in [1.807, 2.05) is 0 Å². The van der Waals surface area contributed by atoms with Gasteiger partial charge in [0.2, 0.25) is 11.8 Å². The zero-order chi connectivity index (χ0) is 18.3. The number of nitrogens with one attached hydrogen (secondary N) is 2. The summed E-state index contributed by atoms with van der Waals surface area (Å²) >= 11 is 0. The van der Waals surface area contributed by atoms with Crippen LogP contribution in [0.15, 0.2) is 0 Å². The highest BCUT2D eigenvalue weighted by atomic mass is 16.5. The van der Waals surface area contributed by atoms with Gasteiger partial charge in [0, 0.05) is 13.6 Å². The standard InChI is InChI=1S/C15H24N2O6/c1-7-17-10(20)12(2)13(3,9(19)16-6)15(5,23-8-18)14(12,4)11(21)22/h8H,7H2,1-6H3,(H,16,19)(H,17,20)(H,21,22). The number of carbonyl (C=O) groups is 4. The van der Waals surface area contributed by atoms with Gasteiger partial charge >= 0.3 is 5.97 Å². The van der Waals surface area contributed by atoms with Gasteiger partial charge in [0.15, 0.2) is 0 Å². The molecule has 0 spiro atoms. The molecule has 4 atom stereocenters. The highest BCUT2D eigenvalue weighted by Gasteiger charge is 2.90. The molecular formula is C15H24N2O6. The molecule has 130 valence electrons. The Hall–Kier alpha value is -2.12. The fraction of sp³-hybridized carbons (Fsp3) is 0.733. The largest absolute Gasteiger partial charge is 0.481 e. The van der Waals surface area contributed by atoms with E-state index in [1.165, 1.54) is 34.7 Å². The van der Waals surface area contributed by atoms with E-state index < -0.39 is 39.6 Å². The number of carboxylic acid groups (broad SMARTS) is 1. The van der Waals surface area contributed by atoms with Crippen LogP contribution < -0.4 is 10.6 Å². The smallest absolute Gasteiger partial charge is 0.314 e. The van der Waals surface area contributed by atoms with E-state index in [2.05, 4.69) is 10.6 Å². The second-order valence-electron chi connectivity index (χ2n) is 6.37. The van der Waals surface area contributed by atoms with Crippen molar-refractivity contribution in [3.05, 3.63) is 0 Å². The Labute approximate surface area is 134 Å². The van der Waals surface area contributed by atoms with Gasteiger partial charge < -0.3 is 20.5 Å². The Balaban J connectivity index is 3.74. The van der Waals surface area contributed by atoms with Crippen molar-refractivity contribution >= 4 is 24.3 Å². The van der Waals surface area contributed by atoms with Crippen molar-refractivity contribution in [2.24, 2.45) is 16.2 Å². The molecule has 0 radical (unpaired) electrons. The number of ether oxygens (including phenoxy) is 1. The van der Waals surface area contributed by atoms with Gasteiger partial charge in [-0.05, 0) is 34.6 Å². The lowest BCUT2D eigenvalue weighted by molar-refractivity contribution is -0.313. The van der Waals surface area contributed by atoms with Crippen molar-refractivity contribution in [3.63, 3.8) is 0 Å². The third-order valence-electron chi connectivity index (χ3n) is 6.09. The van der Waals surface area contributed by atoms with E-state index in [0.29, 0.717) is 0 Å². The maximum Gasteiger partial charge on any atom is 0.314 e. The summed E-state index contributed by atoms with van der Waals surface area (Å²) in [5.41, 5.74) is -6.68. The molecule has 0 aliphatic heterocycles. The normalized spacial score (nSPS) is 38.9. The van der Waals surface area contributed by atoms with Crippen molar-refractivity contribution in [2.45, 2.75) is 40.2 Å². The molecule has 8 heteroatoms. The number of hydrogen-bond donors (Lipinski definition) is 3. The molecule has 1 aliphatic rings. The van der Waals surface area contributed by atoms with Crippen molar-refractivity contribution in [3.8, 4) is 0 Å². The Morgan fingerprint density at radius 2 is 1.57 bits per heavy atom. The van der Waals surface area contributed by atoms with Gasteiger partial charge in [-0.15, -0.1) is 0 Å². The molecule has 23 heavy (non-hydrogen) atoms. The van der Waals surface area contributed by atoms with E-state index in [-0.39, 0.29) is 13.0 Å². The maximum absolute atomic E-state index is 12.7. The first kappa shape index (κ1) is 18.9. The number of carboxylic acids is 1. The van der Waals surface area contributed by atoms with E-state index in [0.717, 1.165) is 0 Å². The molecule has 0 heterocycles. The average molecular weight is 328 g/mol. The topological polar surface area (TPSA) is 122 Å². The minimum Gasteiger partial charge on any atom is -0.481 e. The van der Waals surface area contributed by atoms with Crippen LogP contribution in [0.4, 0.5) is 0 Å². The van der Waals surface area contributed by atoms with E-state index in [4.69, 9.17) is 4.74 Å². The van der Waals surface area contributed by atoms with Gasteiger partial charge in [-0.25, -0.2) is 0 Å². The van der Waals surface area contributed by atoms with Crippen LogP contribution in [0.3, 0.4) is 0 Å². The Morgan fingerprint density at radius 3 is 1.91 bits per heavy atom. The van der Waals surface area contributed by atoms with E-state index in [9.17, 15) is 24.3 Å². The summed E-state index contributed by atoms with van der Waals surface area (Å²) < 4.78 is 5.10. The molecule has 3 N–H and O–H groups in total. The highest BCUT2D eigenvalue weighted by Crippen LogP contribution is 2.75. The first-order valence-electron chi connectivity index (χ1n) is 7.32. The summed E-state index contributed by atoms with van der Waals surface area (Å²) in [5.74, 6) is -2.48. The van der Waals surface area contributed by atoms with Gasteiger partial charge in [-0.1, -0.05) is 0 Å². The summed E-state index contributed by atoms with van der Waals surface area (Å²) in [7, 11) is 1.38. The molecule has 1 fully saturated rings. The fourth-order valence-electron chi connectivity index (χ4n) is 4.13. The number of carbonyl (C=O) groups excluding carboxylic acids is 3. The van der Waals surface area contributed by atoms with Gasteiger partial charge in [0.05, 0.1) is 5.41 Å². The van der Waals surface area contributed by atoms with Gasteiger partial charge in [0.1, 0.15) is 16.4 Å². The van der Waals surface area contributed by atoms with Crippen LogP contribution in [-0.4, -0.2) is 48.6 Å². The Kier molecular flexibility index (Phi) is 4.53. The van der Waals surface area contributed by atoms with Crippen LogP contribution in [0.25, 0.3) is 0 Å². The Bertz CT molecular complexity index is 564. The second kappa shape index (κ2) is 5.50. The first-order chi connectivity index (χ1) is 10.5. The molecule has 0 bridgehead atoms. The van der Waals surface area contributed by atoms with Crippen molar-refractivity contribution in [2.75, 3.05) is 13.6 Å². The SMILES string of the molecule is CCNC(=O)C1(C)C(C)(C(=O)O)C(C)(OC=O)C1(C)C(=O)NC. The number of hydrogen-bond acceptors (Lipinski definition) is 5. The van der Waals surface area contributed by atoms with Gasteiger partial charge in [0.25, 0.3) is 6.47 Å². The molecule has 1 saturated carbocycles. The predicted molar refractivity (Wildman–Crippen MR) is 80.3 cm³/mol. The van der Waals surface area contributed by atoms with Crippen LogP contribution >= 0.6 is 0 Å². The lowest BCUT2D eigenvalue weighted by atomic mass is 9.29. The first-order valence-corrected chi connectivity index (χ1v) is 7.32. The molecule has 0 saturated heterocycles. The molecule has 1 aliphatic carbocycles. The molecule has 4 unspecified atom stereocenters. The van der Waals surface area contributed by atoms with Crippen molar-refractivity contribution in [1.82, 2.24) is 10.6 Å². The monoisotopic (exact) mass is 328 g/mol. The van der Waals surface area contributed by atoms with Crippen molar-refractivity contribution < 1.29 is 29.0 Å². The van der Waals surface area contributed by atoms with Crippen LogP contribution in [-0.2, 0) is 23.9 Å². The Morgan fingerprint density at radius 1 is 1.04 bits per heavy atom. The molecule has 1 rings (SSSR count). The number of amides is 2. The summed E-state index contributed by atoms with van der Waals surface area (Å²) in [6, 6.07) is 0. The van der Waals surface area contributed by atoms with Crippen molar-refractivity contribution in [1.29, 1.82) is 0 Å². The van der Waals surface area contributed by atoms with Crippen LogP contribution in [0, 0.1) is 16.2 Å². The molecular weight excluding hydrogens is 304 g/mol. The highest BCUT2D eigenvalue weighted by molar-refractivity contribution is 6.03. The number of aliphatic carboxylic acids is 1. The lowest BCUT2D eigenvalue weighted by Crippen LogP contribution is -2.88. The predicted octanol–water partition coefficient (Wildman–Crippen LogP) is -0.0827. The average Bonchev–Trinajstić information content (AvgIpc) is 2.51. The van der Waals surface area contributed by atoms with Crippen LogP contribution in [0.1, 0.15) is 34.6 Å². The van der Waals surface area contributed by atoms with Crippen LogP contribution in [0.2, 0.25) is 0 Å². The zero-order valence-electron chi connectivity index (χ0n) is 14.3. The molecule has 8 nitrogen and oxygen atoms in total. The third kappa shape index (κ3) is 1.71. The summed E-state index contributed by atoms with van der Waals surface area (Å²) in [6.45, 7) is 7.62. The summed E-state index contributed by atoms with van der Waals surface area (Å²) in [5, 5.41) is 14.8. The minimum atomic E-state index is -1.79. The summed E-state index contributed by atoms with van der Waals surface area (Å²) in [4.78, 5) is 48.2. The quantitative estimate of drug-likeness (QED) is 0.586. The maximum atomic E-state index is 12.7. The molecule has 0 aromatic heterocycles. The lowest BCUT2D eigenvalue weighted by Gasteiger charge is -2.72. The van der Waals surface area contributed by atoms with Gasteiger partial charge in [-0.2, -0.15) is 0 Å². The van der Waals surface area contributed by atoms with Gasteiger partial charge in [-0.3, -0.25) is 19.2 Å².